The highest BCUT2D eigenvalue weighted by Gasteiger charge is 2.05. The lowest BCUT2D eigenvalue weighted by Gasteiger charge is -2.10. The molecule has 26 heavy (non-hydrogen) atoms. The summed E-state index contributed by atoms with van der Waals surface area (Å²) in [6, 6.07) is 25.8. The highest BCUT2D eigenvalue weighted by Crippen LogP contribution is 2.28. The summed E-state index contributed by atoms with van der Waals surface area (Å²) < 4.78 is 10.7. The molecule has 3 aromatic rings. The first-order chi connectivity index (χ1) is 12.8. The molecule has 3 aromatic carbocycles. The minimum absolute atomic E-state index is 0.777. The first-order valence-electron chi connectivity index (χ1n) is 9.11. The van der Waals surface area contributed by atoms with Gasteiger partial charge in [0, 0.05) is 0 Å². The third kappa shape index (κ3) is 4.89. The smallest absolute Gasteiger partial charge is 0.160 e. The molecular formula is C24H26O2. The van der Waals surface area contributed by atoms with E-state index in [0.717, 1.165) is 37.2 Å². The van der Waals surface area contributed by atoms with Crippen molar-refractivity contribution in [1.29, 1.82) is 0 Å². The molecule has 0 atom stereocenters. The van der Waals surface area contributed by atoms with Crippen LogP contribution in [0.2, 0.25) is 0 Å². The predicted molar refractivity (Wildman–Crippen MR) is 107 cm³/mol. The van der Waals surface area contributed by atoms with E-state index in [1.54, 1.807) is 14.2 Å². The molecule has 2 nitrogen and oxygen atoms in total. The zero-order chi connectivity index (χ0) is 18.2. The lowest BCUT2D eigenvalue weighted by Crippen LogP contribution is -1.96. The van der Waals surface area contributed by atoms with Crippen molar-refractivity contribution >= 4 is 0 Å². The number of hydrogen-bond donors (Lipinski definition) is 0. The second kappa shape index (κ2) is 9.10. The van der Waals surface area contributed by atoms with Crippen LogP contribution in [0.15, 0.2) is 72.8 Å². The molecule has 0 saturated carbocycles. The molecule has 0 fully saturated rings. The molecule has 0 amide bonds. The van der Waals surface area contributed by atoms with Gasteiger partial charge in [0.1, 0.15) is 0 Å². The third-order valence-corrected chi connectivity index (χ3v) is 4.72. The lowest BCUT2D eigenvalue weighted by atomic mass is 10.00. The monoisotopic (exact) mass is 346 g/mol. The Morgan fingerprint density at radius 2 is 0.962 bits per heavy atom. The van der Waals surface area contributed by atoms with Gasteiger partial charge in [0.25, 0.3) is 0 Å². The Labute approximate surface area is 156 Å². The van der Waals surface area contributed by atoms with Crippen LogP contribution >= 0.6 is 0 Å². The molecule has 3 rings (SSSR count). The summed E-state index contributed by atoms with van der Waals surface area (Å²) in [5.74, 6) is 1.57. The van der Waals surface area contributed by atoms with Gasteiger partial charge in [-0.05, 0) is 60.1 Å². The first kappa shape index (κ1) is 18.1. The Hall–Kier alpha value is -2.74. The van der Waals surface area contributed by atoms with Gasteiger partial charge in [-0.2, -0.15) is 0 Å². The Bertz CT molecular complexity index is 807. The summed E-state index contributed by atoms with van der Waals surface area (Å²) in [5, 5.41) is 0. The molecule has 0 N–H and O–H groups in total. The molecule has 0 aliphatic carbocycles. The highest BCUT2D eigenvalue weighted by atomic mass is 16.5. The van der Waals surface area contributed by atoms with Gasteiger partial charge in [0.15, 0.2) is 11.5 Å². The molecule has 0 aliphatic rings. The second-order valence-corrected chi connectivity index (χ2v) is 6.49. The van der Waals surface area contributed by atoms with Crippen LogP contribution in [0.1, 0.15) is 22.3 Å². The van der Waals surface area contributed by atoms with Crippen molar-refractivity contribution < 1.29 is 9.47 Å². The van der Waals surface area contributed by atoms with E-state index in [2.05, 4.69) is 66.7 Å². The zero-order valence-corrected chi connectivity index (χ0v) is 15.6. The minimum atomic E-state index is 0.777. The van der Waals surface area contributed by atoms with Gasteiger partial charge in [-0.15, -0.1) is 0 Å². The standard InChI is InChI=1S/C24H26O2/c1-25-23-17-16-22(18-24(23)26-2)15-14-21-12-10-20(11-13-21)9-8-19-6-4-3-5-7-19/h3-7,10-13,16-18H,8-9,14-15H2,1-2H3. The van der Waals surface area contributed by atoms with Crippen molar-refractivity contribution in [1.82, 2.24) is 0 Å². The average molecular weight is 346 g/mol. The summed E-state index contributed by atoms with van der Waals surface area (Å²) in [6.45, 7) is 0. The van der Waals surface area contributed by atoms with Crippen molar-refractivity contribution in [2.24, 2.45) is 0 Å². The first-order valence-corrected chi connectivity index (χ1v) is 9.11. The number of aryl methyl sites for hydroxylation is 4. The van der Waals surface area contributed by atoms with E-state index in [1.807, 2.05) is 6.07 Å². The lowest BCUT2D eigenvalue weighted by molar-refractivity contribution is 0.354. The molecule has 0 spiro atoms. The van der Waals surface area contributed by atoms with Crippen molar-refractivity contribution in [3.05, 3.63) is 95.1 Å². The molecule has 0 aliphatic heterocycles. The number of benzene rings is 3. The molecule has 0 unspecified atom stereocenters. The van der Waals surface area contributed by atoms with E-state index in [9.17, 15) is 0 Å². The van der Waals surface area contributed by atoms with Crippen molar-refractivity contribution in [3.8, 4) is 11.5 Å². The van der Waals surface area contributed by atoms with Crippen LogP contribution in [0.3, 0.4) is 0 Å². The van der Waals surface area contributed by atoms with Gasteiger partial charge in [-0.25, -0.2) is 0 Å². The molecule has 0 aromatic heterocycles. The van der Waals surface area contributed by atoms with Crippen LogP contribution in [0, 0.1) is 0 Å². The van der Waals surface area contributed by atoms with E-state index < -0.39 is 0 Å². The van der Waals surface area contributed by atoms with Crippen molar-refractivity contribution in [2.75, 3.05) is 14.2 Å². The third-order valence-electron chi connectivity index (χ3n) is 4.72. The maximum Gasteiger partial charge on any atom is 0.160 e. The van der Waals surface area contributed by atoms with Crippen LogP contribution in [-0.2, 0) is 25.7 Å². The van der Waals surface area contributed by atoms with Gasteiger partial charge in [-0.3, -0.25) is 0 Å². The summed E-state index contributed by atoms with van der Waals surface area (Å²) in [6.07, 6.45) is 4.18. The topological polar surface area (TPSA) is 18.5 Å². The van der Waals surface area contributed by atoms with E-state index in [0.29, 0.717) is 0 Å². The highest BCUT2D eigenvalue weighted by molar-refractivity contribution is 5.43. The molecule has 0 saturated heterocycles. The van der Waals surface area contributed by atoms with Crippen LogP contribution in [0.4, 0.5) is 0 Å². The molecule has 0 radical (unpaired) electrons. The second-order valence-electron chi connectivity index (χ2n) is 6.49. The van der Waals surface area contributed by atoms with Gasteiger partial charge >= 0.3 is 0 Å². The Kier molecular flexibility index (Phi) is 6.32. The maximum atomic E-state index is 5.38. The summed E-state index contributed by atoms with van der Waals surface area (Å²) >= 11 is 0. The molecule has 134 valence electrons. The van der Waals surface area contributed by atoms with Gasteiger partial charge in [-0.1, -0.05) is 60.7 Å². The number of ether oxygens (including phenoxy) is 2. The average Bonchev–Trinajstić information content (AvgIpc) is 2.72. The van der Waals surface area contributed by atoms with E-state index in [1.165, 1.54) is 22.3 Å². The Balaban J connectivity index is 1.54. The van der Waals surface area contributed by atoms with Gasteiger partial charge < -0.3 is 9.47 Å². The van der Waals surface area contributed by atoms with Gasteiger partial charge in [0.05, 0.1) is 14.2 Å². The van der Waals surface area contributed by atoms with E-state index in [-0.39, 0.29) is 0 Å². The summed E-state index contributed by atoms with van der Waals surface area (Å²) in [4.78, 5) is 0. The van der Waals surface area contributed by atoms with Crippen molar-refractivity contribution in [2.45, 2.75) is 25.7 Å². The zero-order valence-electron chi connectivity index (χ0n) is 15.6. The Morgan fingerprint density at radius 1 is 0.500 bits per heavy atom. The fraction of sp³-hybridized carbons (Fsp3) is 0.250. The molecular weight excluding hydrogens is 320 g/mol. The number of hydrogen-bond acceptors (Lipinski definition) is 2. The van der Waals surface area contributed by atoms with Crippen LogP contribution in [0.25, 0.3) is 0 Å². The molecule has 0 bridgehead atoms. The van der Waals surface area contributed by atoms with Crippen LogP contribution in [-0.4, -0.2) is 14.2 Å². The molecule has 0 heterocycles. The largest absolute Gasteiger partial charge is 0.493 e. The van der Waals surface area contributed by atoms with Crippen molar-refractivity contribution in [3.63, 3.8) is 0 Å². The summed E-state index contributed by atoms with van der Waals surface area (Å²) in [7, 11) is 3.34. The van der Waals surface area contributed by atoms with E-state index >= 15 is 0 Å². The predicted octanol–water partition coefficient (Wildman–Crippen LogP) is 5.27. The van der Waals surface area contributed by atoms with E-state index in [4.69, 9.17) is 9.47 Å². The quantitative estimate of drug-likeness (QED) is 0.553. The summed E-state index contributed by atoms with van der Waals surface area (Å²) in [5.41, 5.74) is 5.41. The van der Waals surface area contributed by atoms with Crippen LogP contribution in [0.5, 0.6) is 11.5 Å². The SMILES string of the molecule is COc1ccc(CCc2ccc(CCc3ccccc3)cc2)cc1OC. The van der Waals surface area contributed by atoms with Gasteiger partial charge in [0.2, 0.25) is 0 Å². The van der Waals surface area contributed by atoms with Crippen LogP contribution < -0.4 is 9.47 Å². The fourth-order valence-electron chi connectivity index (χ4n) is 3.13. The normalized spacial score (nSPS) is 10.5. The minimum Gasteiger partial charge on any atom is -0.493 e. The molecule has 2 heteroatoms. The number of rotatable bonds is 8. The fourth-order valence-corrected chi connectivity index (χ4v) is 3.13. The number of methoxy groups -OCH3 is 2. The maximum absolute atomic E-state index is 5.38. The Morgan fingerprint density at radius 3 is 1.50 bits per heavy atom.